The lowest BCUT2D eigenvalue weighted by atomic mass is 9.87. The first-order chi connectivity index (χ1) is 8.45. The molecule has 0 amide bonds. The summed E-state index contributed by atoms with van der Waals surface area (Å²) >= 11 is 0. The molecular weight excluding hydrogens is 234 g/mol. The molecule has 2 N–H and O–H groups in total. The van der Waals surface area contributed by atoms with E-state index in [1.165, 1.54) is 0 Å². The predicted molar refractivity (Wildman–Crippen MR) is 67.1 cm³/mol. The highest BCUT2D eigenvalue weighted by Gasteiger charge is 2.27. The van der Waals surface area contributed by atoms with Crippen molar-refractivity contribution in [1.29, 1.82) is 0 Å². The second kappa shape index (κ2) is 6.82. The van der Waals surface area contributed by atoms with E-state index in [4.69, 9.17) is 19.7 Å². The third-order valence-electron chi connectivity index (χ3n) is 2.58. The van der Waals surface area contributed by atoms with Crippen LogP contribution in [0.2, 0.25) is 0 Å². The average Bonchev–Trinajstić information content (AvgIpc) is 2.75. The van der Waals surface area contributed by atoms with Gasteiger partial charge in [0.05, 0.1) is 25.9 Å². The molecule has 0 aliphatic heterocycles. The SMILES string of the molecule is COCCOCCc1noc(C(N)C(C)(C)C)n1. The molecule has 18 heavy (non-hydrogen) atoms. The molecule has 1 aromatic rings. The van der Waals surface area contributed by atoms with Gasteiger partial charge in [0.2, 0.25) is 5.89 Å². The van der Waals surface area contributed by atoms with Crippen LogP contribution in [0.25, 0.3) is 0 Å². The molecule has 0 fully saturated rings. The molecule has 0 aliphatic carbocycles. The maximum absolute atomic E-state index is 6.04. The van der Waals surface area contributed by atoms with E-state index in [-0.39, 0.29) is 11.5 Å². The molecule has 1 heterocycles. The number of rotatable bonds is 7. The largest absolute Gasteiger partial charge is 0.382 e. The van der Waals surface area contributed by atoms with Crippen molar-refractivity contribution >= 4 is 0 Å². The van der Waals surface area contributed by atoms with E-state index in [1.807, 2.05) is 20.8 Å². The third-order valence-corrected chi connectivity index (χ3v) is 2.58. The molecule has 0 saturated carbocycles. The van der Waals surface area contributed by atoms with Crippen molar-refractivity contribution in [3.63, 3.8) is 0 Å². The molecule has 0 spiro atoms. The molecule has 104 valence electrons. The van der Waals surface area contributed by atoms with Gasteiger partial charge >= 0.3 is 0 Å². The van der Waals surface area contributed by atoms with Crippen molar-refractivity contribution in [3.05, 3.63) is 11.7 Å². The number of aromatic nitrogens is 2. The Morgan fingerprint density at radius 1 is 1.28 bits per heavy atom. The Labute approximate surface area is 108 Å². The van der Waals surface area contributed by atoms with Crippen LogP contribution in [-0.2, 0) is 15.9 Å². The van der Waals surface area contributed by atoms with Crippen LogP contribution in [0.15, 0.2) is 4.52 Å². The molecule has 6 nitrogen and oxygen atoms in total. The van der Waals surface area contributed by atoms with Crippen molar-refractivity contribution in [1.82, 2.24) is 10.1 Å². The van der Waals surface area contributed by atoms with Gasteiger partial charge in [-0.3, -0.25) is 0 Å². The maximum Gasteiger partial charge on any atom is 0.244 e. The van der Waals surface area contributed by atoms with E-state index < -0.39 is 0 Å². The number of hydrogen-bond donors (Lipinski definition) is 1. The van der Waals surface area contributed by atoms with E-state index in [1.54, 1.807) is 7.11 Å². The van der Waals surface area contributed by atoms with Gasteiger partial charge in [0, 0.05) is 13.5 Å². The molecule has 0 bridgehead atoms. The molecule has 0 saturated heterocycles. The molecule has 0 aliphatic rings. The van der Waals surface area contributed by atoms with E-state index in [0.717, 1.165) is 0 Å². The lowest BCUT2D eigenvalue weighted by molar-refractivity contribution is 0.0714. The normalized spacial score (nSPS) is 13.8. The summed E-state index contributed by atoms with van der Waals surface area (Å²) in [6.07, 6.45) is 0.615. The summed E-state index contributed by atoms with van der Waals surface area (Å²) in [5, 5.41) is 3.89. The number of nitrogens with zero attached hydrogens (tertiary/aromatic N) is 2. The number of methoxy groups -OCH3 is 1. The first kappa shape index (κ1) is 15.1. The quantitative estimate of drug-likeness (QED) is 0.742. The summed E-state index contributed by atoms with van der Waals surface area (Å²) in [5.74, 6) is 1.11. The Kier molecular flexibility index (Phi) is 5.71. The van der Waals surface area contributed by atoms with Gasteiger partial charge in [-0.1, -0.05) is 25.9 Å². The zero-order chi connectivity index (χ0) is 13.6. The van der Waals surface area contributed by atoms with Gasteiger partial charge < -0.3 is 19.7 Å². The van der Waals surface area contributed by atoms with Gasteiger partial charge in [0.1, 0.15) is 0 Å². The van der Waals surface area contributed by atoms with Crippen LogP contribution >= 0.6 is 0 Å². The summed E-state index contributed by atoms with van der Waals surface area (Å²) in [4.78, 5) is 4.28. The Hall–Kier alpha value is -0.980. The maximum atomic E-state index is 6.04. The molecule has 6 heteroatoms. The van der Waals surface area contributed by atoms with Crippen LogP contribution in [0.1, 0.15) is 38.5 Å². The van der Waals surface area contributed by atoms with E-state index in [9.17, 15) is 0 Å². The highest BCUT2D eigenvalue weighted by Crippen LogP contribution is 2.29. The molecule has 1 aromatic heterocycles. The molecule has 1 atom stereocenters. The summed E-state index contributed by atoms with van der Waals surface area (Å²) in [6, 6.07) is -0.256. The van der Waals surface area contributed by atoms with Gasteiger partial charge in [-0.05, 0) is 5.41 Å². The average molecular weight is 257 g/mol. The van der Waals surface area contributed by atoms with Crippen molar-refractivity contribution in [3.8, 4) is 0 Å². The summed E-state index contributed by atoms with van der Waals surface area (Å²) in [7, 11) is 1.64. The van der Waals surface area contributed by atoms with Crippen LogP contribution in [0.4, 0.5) is 0 Å². The van der Waals surface area contributed by atoms with Gasteiger partial charge in [0.15, 0.2) is 5.82 Å². The summed E-state index contributed by atoms with van der Waals surface area (Å²) in [5.41, 5.74) is 5.94. The first-order valence-corrected chi connectivity index (χ1v) is 6.10. The van der Waals surface area contributed by atoms with Crippen LogP contribution in [-0.4, -0.2) is 37.1 Å². The number of nitrogens with two attached hydrogens (primary N) is 1. The third kappa shape index (κ3) is 4.72. The fraction of sp³-hybridized carbons (Fsp3) is 0.833. The van der Waals surface area contributed by atoms with E-state index in [0.29, 0.717) is 38.0 Å². The lowest BCUT2D eigenvalue weighted by Crippen LogP contribution is -2.26. The summed E-state index contributed by atoms with van der Waals surface area (Å²) in [6.45, 7) is 7.82. The highest BCUT2D eigenvalue weighted by atomic mass is 16.5. The minimum absolute atomic E-state index is 0.0984. The van der Waals surface area contributed by atoms with Gasteiger partial charge in [-0.2, -0.15) is 4.98 Å². The second-order valence-electron chi connectivity index (χ2n) is 5.25. The van der Waals surface area contributed by atoms with E-state index in [2.05, 4.69) is 10.1 Å². The van der Waals surface area contributed by atoms with Crippen molar-refractivity contribution < 1.29 is 14.0 Å². The molecular formula is C12H23N3O3. The van der Waals surface area contributed by atoms with Gasteiger partial charge in [0.25, 0.3) is 0 Å². The lowest BCUT2D eigenvalue weighted by Gasteiger charge is -2.23. The van der Waals surface area contributed by atoms with Gasteiger partial charge in [-0.15, -0.1) is 0 Å². The standard InChI is InChI=1S/C12H23N3O3/c1-12(2,3)10(13)11-14-9(15-18-11)5-6-17-8-7-16-4/h10H,5-8,13H2,1-4H3. The van der Waals surface area contributed by atoms with Crippen LogP contribution in [0.5, 0.6) is 0 Å². The minimum Gasteiger partial charge on any atom is -0.382 e. The van der Waals surface area contributed by atoms with Gasteiger partial charge in [-0.25, -0.2) is 0 Å². The van der Waals surface area contributed by atoms with E-state index >= 15 is 0 Å². The highest BCUT2D eigenvalue weighted by molar-refractivity contribution is 4.96. The number of ether oxygens (including phenoxy) is 2. The first-order valence-electron chi connectivity index (χ1n) is 6.10. The topological polar surface area (TPSA) is 83.4 Å². The fourth-order valence-electron chi connectivity index (χ4n) is 1.27. The van der Waals surface area contributed by atoms with Crippen molar-refractivity contribution in [2.75, 3.05) is 26.9 Å². The minimum atomic E-state index is -0.256. The van der Waals surface area contributed by atoms with Crippen molar-refractivity contribution in [2.45, 2.75) is 33.2 Å². The Morgan fingerprint density at radius 2 is 2.00 bits per heavy atom. The molecule has 1 unspecified atom stereocenters. The van der Waals surface area contributed by atoms with Crippen LogP contribution < -0.4 is 5.73 Å². The summed E-state index contributed by atoms with van der Waals surface area (Å²) < 4.78 is 15.4. The predicted octanol–water partition coefficient (Wildman–Crippen LogP) is 1.32. The smallest absolute Gasteiger partial charge is 0.244 e. The Bertz CT molecular complexity index is 347. The Morgan fingerprint density at radius 3 is 2.61 bits per heavy atom. The molecule has 1 rings (SSSR count). The zero-order valence-corrected chi connectivity index (χ0v) is 11.6. The van der Waals surface area contributed by atoms with Crippen LogP contribution in [0, 0.1) is 5.41 Å². The fourth-order valence-corrected chi connectivity index (χ4v) is 1.27. The van der Waals surface area contributed by atoms with Crippen molar-refractivity contribution in [2.24, 2.45) is 11.1 Å². The second-order valence-corrected chi connectivity index (χ2v) is 5.25. The number of hydrogen-bond acceptors (Lipinski definition) is 6. The monoisotopic (exact) mass is 257 g/mol. The Balaban J connectivity index is 2.39. The molecule has 0 radical (unpaired) electrons. The van der Waals surface area contributed by atoms with Crippen LogP contribution in [0.3, 0.4) is 0 Å². The zero-order valence-electron chi connectivity index (χ0n) is 11.6. The molecule has 0 aromatic carbocycles.